The highest BCUT2D eigenvalue weighted by atomic mass is 79.9. The molecule has 0 atom stereocenters. The van der Waals surface area contributed by atoms with Crippen LogP contribution in [0.15, 0.2) is 88.9 Å². The minimum Gasteiger partial charge on any atom is -0.488 e. The molecule has 0 saturated carbocycles. The van der Waals surface area contributed by atoms with Crippen LogP contribution in [0, 0.1) is 13.8 Å². The smallest absolute Gasteiger partial charge is 0.335 e. The fraction of sp³-hybridized carbons (Fsp3) is 0.100. The molecule has 1 heterocycles. The summed E-state index contributed by atoms with van der Waals surface area (Å²) in [5.41, 5.74) is 3.47. The van der Waals surface area contributed by atoms with Gasteiger partial charge in [-0.05, 0) is 71.7 Å². The van der Waals surface area contributed by atoms with Crippen LogP contribution in [0.25, 0.3) is 16.8 Å². The number of carbonyl (C=O) groups is 3. The van der Waals surface area contributed by atoms with Crippen LogP contribution >= 0.6 is 15.9 Å². The van der Waals surface area contributed by atoms with Crippen molar-refractivity contribution in [2.45, 2.75) is 20.5 Å². The number of hydrogen-bond acceptors (Lipinski definition) is 4. The molecule has 0 unspecified atom stereocenters. The Bertz CT molecular complexity index is 1590. The highest BCUT2D eigenvalue weighted by Gasteiger charge is 2.37. The number of carbonyl (C=O) groups excluding carboxylic acids is 3. The molecule has 0 aliphatic carbocycles. The van der Waals surface area contributed by atoms with E-state index in [0.29, 0.717) is 23.6 Å². The van der Waals surface area contributed by atoms with E-state index < -0.39 is 17.8 Å². The van der Waals surface area contributed by atoms with Gasteiger partial charge >= 0.3 is 6.03 Å². The standard InChI is InChI=1S/C30H23BrN2O4/c1-18-7-8-19(2)26(15-18)33-29(35)25(28(34)32-30(33)36)16-24-23-6-4-3-5-21(23)11-14-27(24)37-17-20-9-12-22(31)13-10-20/h3-16H,17H2,1-2H3,(H,32,34,36)/b25-16+. The number of aryl methyl sites for hydroxylation is 2. The van der Waals surface area contributed by atoms with Gasteiger partial charge in [0.05, 0.1) is 5.69 Å². The molecule has 1 N–H and O–H groups in total. The zero-order chi connectivity index (χ0) is 26.1. The SMILES string of the molecule is Cc1ccc(C)c(N2C(=O)NC(=O)/C(=C\c3c(OCc4ccc(Br)cc4)ccc4ccccc34)C2=O)c1. The molecule has 6 nitrogen and oxygen atoms in total. The number of anilines is 1. The van der Waals surface area contributed by atoms with Crippen molar-refractivity contribution in [3.05, 3.63) is 111 Å². The fourth-order valence-corrected chi connectivity index (χ4v) is 4.54. The van der Waals surface area contributed by atoms with E-state index in [0.717, 1.165) is 36.8 Å². The topological polar surface area (TPSA) is 75.7 Å². The van der Waals surface area contributed by atoms with Gasteiger partial charge in [-0.3, -0.25) is 14.9 Å². The first kappa shape index (κ1) is 24.5. The van der Waals surface area contributed by atoms with Crippen molar-refractivity contribution in [1.82, 2.24) is 5.32 Å². The molecule has 0 spiro atoms. The third-order valence-electron chi connectivity index (χ3n) is 6.23. The van der Waals surface area contributed by atoms with E-state index in [-0.39, 0.29) is 5.57 Å². The van der Waals surface area contributed by atoms with Crippen LogP contribution in [-0.4, -0.2) is 17.8 Å². The maximum atomic E-state index is 13.6. The van der Waals surface area contributed by atoms with Gasteiger partial charge in [0.2, 0.25) is 0 Å². The van der Waals surface area contributed by atoms with Gasteiger partial charge < -0.3 is 4.74 Å². The average Bonchev–Trinajstić information content (AvgIpc) is 2.88. The van der Waals surface area contributed by atoms with Crippen LogP contribution in [0.3, 0.4) is 0 Å². The number of ether oxygens (including phenoxy) is 1. The van der Waals surface area contributed by atoms with Crippen LogP contribution < -0.4 is 15.0 Å². The maximum absolute atomic E-state index is 13.6. The predicted molar refractivity (Wildman–Crippen MR) is 147 cm³/mol. The number of benzene rings is 4. The monoisotopic (exact) mass is 554 g/mol. The summed E-state index contributed by atoms with van der Waals surface area (Å²) >= 11 is 3.43. The molecule has 1 saturated heterocycles. The molecule has 0 bridgehead atoms. The Morgan fingerprint density at radius 1 is 0.919 bits per heavy atom. The van der Waals surface area contributed by atoms with E-state index in [1.807, 2.05) is 86.6 Å². The summed E-state index contributed by atoms with van der Waals surface area (Å²) in [6.45, 7) is 3.99. The van der Waals surface area contributed by atoms with Crippen molar-refractivity contribution in [1.29, 1.82) is 0 Å². The van der Waals surface area contributed by atoms with Gasteiger partial charge in [0, 0.05) is 10.0 Å². The van der Waals surface area contributed by atoms with Crippen LogP contribution in [0.4, 0.5) is 10.5 Å². The predicted octanol–water partition coefficient (Wildman–Crippen LogP) is 6.46. The van der Waals surface area contributed by atoms with Gasteiger partial charge in [-0.2, -0.15) is 0 Å². The second-order valence-corrected chi connectivity index (χ2v) is 9.78. The van der Waals surface area contributed by atoms with Gasteiger partial charge in [0.15, 0.2) is 0 Å². The number of halogens is 1. The number of urea groups is 1. The molecule has 1 aliphatic heterocycles. The molecule has 184 valence electrons. The second-order valence-electron chi connectivity index (χ2n) is 8.86. The molecule has 1 aliphatic rings. The lowest BCUT2D eigenvalue weighted by Gasteiger charge is -2.28. The third-order valence-corrected chi connectivity index (χ3v) is 6.76. The van der Waals surface area contributed by atoms with Gasteiger partial charge in [-0.25, -0.2) is 9.69 Å². The van der Waals surface area contributed by atoms with E-state index in [2.05, 4.69) is 21.2 Å². The number of barbiturate groups is 1. The van der Waals surface area contributed by atoms with Crippen LogP contribution in [0.1, 0.15) is 22.3 Å². The third kappa shape index (κ3) is 4.90. The fourth-order valence-electron chi connectivity index (χ4n) is 4.27. The summed E-state index contributed by atoms with van der Waals surface area (Å²) in [5.74, 6) is -0.914. The molecule has 0 aromatic heterocycles. The Hall–Kier alpha value is -4.23. The summed E-state index contributed by atoms with van der Waals surface area (Å²) in [6, 6.07) is 23.9. The lowest BCUT2D eigenvalue weighted by atomic mass is 9.99. The highest BCUT2D eigenvalue weighted by molar-refractivity contribution is 9.10. The Morgan fingerprint density at radius 2 is 1.68 bits per heavy atom. The minimum atomic E-state index is -0.773. The van der Waals surface area contributed by atoms with Gasteiger partial charge in [0.1, 0.15) is 17.9 Å². The number of rotatable bonds is 5. The van der Waals surface area contributed by atoms with Crippen molar-refractivity contribution in [2.75, 3.05) is 4.90 Å². The van der Waals surface area contributed by atoms with E-state index in [1.165, 1.54) is 6.08 Å². The number of nitrogens with zero attached hydrogens (tertiary/aromatic N) is 1. The van der Waals surface area contributed by atoms with Crippen molar-refractivity contribution in [2.24, 2.45) is 0 Å². The van der Waals surface area contributed by atoms with E-state index in [4.69, 9.17) is 4.74 Å². The zero-order valence-electron chi connectivity index (χ0n) is 20.2. The van der Waals surface area contributed by atoms with E-state index in [9.17, 15) is 14.4 Å². The molecule has 7 heteroatoms. The van der Waals surface area contributed by atoms with Crippen LogP contribution in [-0.2, 0) is 16.2 Å². The number of nitrogens with one attached hydrogen (secondary N) is 1. The second kappa shape index (κ2) is 10.0. The molecule has 4 aromatic rings. The molecule has 4 aromatic carbocycles. The molecule has 37 heavy (non-hydrogen) atoms. The normalized spacial score (nSPS) is 14.8. The molecular formula is C30H23BrN2O4. The molecule has 1 fully saturated rings. The van der Waals surface area contributed by atoms with Crippen LogP contribution in [0.2, 0.25) is 0 Å². The largest absolute Gasteiger partial charge is 0.488 e. The molecule has 5 rings (SSSR count). The summed E-state index contributed by atoms with van der Waals surface area (Å²) in [6.07, 6.45) is 1.52. The molecule has 0 radical (unpaired) electrons. The lowest BCUT2D eigenvalue weighted by Crippen LogP contribution is -2.54. The van der Waals surface area contributed by atoms with Gasteiger partial charge in [-0.15, -0.1) is 0 Å². The Balaban J connectivity index is 1.59. The van der Waals surface area contributed by atoms with E-state index >= 15 is 0 Å². The first-order chi connectivity index (χ1) is 17.8. The first-order valence-electron chi connectivity index (χ1n) is 11.7. The van der Waals surface area contributed by atoms with Crippen molar-refractivity contribution in [3.63, 3.8) is 0 Å². The zero-order valence-corrected chi connectivity index (χ0v) is 21.8. The van der Waals surface area contributed by atoms with E-state index in [1.54, 1.807) is 6.07 Å². The summed E-state index contributed by atoms with van der Waals surface area (Å²) in [7, 11) is 0. The summed E-state index contributed by atoms with van der Waals surface area (Å²) in [5, 5.41) is 4.07. The Morgan fingerprint density at radius 3 is 2.46 bits per heavy atom. The van der Waals surface area contributed by atoms with Crippen molar-refractivity contribution < 1.29 is 19.1 Å². The number of fused-ring (bicyclic) bond motifs is 1. The highest BCUT2D eigenvalue weighted by Crippen LogP contribution is 2.33. The van der Waals surface area contributed by atoms with Crippen LogP contribution in [0.5, 0.6) is 5.75 Å². The average molecular weight is 555 g/mol. The lowest BCUT2D eigenvalue weighted by molar-refractivity contribution is -0.122. The van der Waals surface area contributed by atoms with Crippen molar-refractivity contribution >= 4 is 56.3 Å². The summed E-state index contributed by atoms with van der Waals surface area (Å²) in [4.78, 5) is 40.3. The van der Waals surface area contributed by atoms with Gasteiger partial charge in [-0.1, -0.05) is 70.5 Å². The molecular weight excluding hydrogens is 532 g/mol. The van der Waals surface area contributed by atoms with Crippen molar-refractivity contribution in [3.8, 4) is 5.75 Å². The number of imide groups is 2. The number of hydrogen-bond donors (Lipinski definition) is 1. The minimum absolute atomic E-state index is 0.148. The number of amides is 4. The maximum Gasteiger partial charge on any atom is 0.335 e. The molecule has 4 amide bonds. The first-order valence-corrected chi connectivity index (χ1v) is 12.5. The Kier molecular flexibility index (Phi) is 6.63. The summed E-state index contributed by atoms with van der Waals surface area (Å²) < 4.78 is 7.14. The quantitative estimate of drug-likeness (QED) is 0.227. The Labute approximate surface area is 222 Å². The van der Waals surface area contributed by atoms with Gasteiger partial charge in [0.25, 0.3) is 11.8 Å².